The maximum absolute atomic E-state index is 5.93. The van der Waals surface area contributed by atoms with E-state index >= 15 is 0 Å². The summed E-state index contributed by atoms with van der Waals surface area (Å²) in [6.07, 6.45) is 3.70. The summed E-state index contributed by atoms with van der Waals surface area (Å²) in [5.74, 6) is 0.745. The van der Waals surface area contributed by atoms with E-state index in [1.54, 1.807) is 6.20 Å². The molecule has 5 nitrogen and oxygen atoms in total. The first kappa shape index (κ1) is 11.5. The second-order valence-electron chi connectivity index (χ2n) is 4.58. The molecule has 2 aromatic heterocycles. The fourth-order valence-corrected chi connectivity index (χ4v) is 2.37. The molecule has 96 valence electrons. The molecule has 0 fully saturated rings. The average molecular weight is 253 g/mol. The summed E-state index contributed by atoms with van der Waals surface area (Å²) in [6, 6.07) is 8.17. The second kappa shape index (κ2) is 4.28. The predicted molar refractivity (Wildman–Crippen MR) is 76.7 cm³/mol. The van der Waals surface area contributed by atoms with Crippen LogP contribution in [0.25, 0.3) is 10.9 Å². The number of aromatic amines is 1. The van der Waals surface area contributed by atoms with Gasteiger partial charge in [0.25, 0.3) is 0 Å². The summed E-state index contributed by atoms with van der Waals surface area (Å²) in [7, 11) is 0. The fraction of sp³-hybridized carbons (Fsp3) is 0.143. The van der Waals surface area contributed by atoms with Crippen LogP contribution in [0.5, 0.6) is 0 Å². The van der Waals surface area contributed by atoms with Crippen LogP contribution in [0.2, 0.25) is 0 Å². The number of nitrogens with zero attached hydrogens (tertiary/aromatic N) is 2. The number of anilines is 2. The molecule has 0 aliphatic heterocycles. The van der Waals surface area contributed by atoms with Crippen molar-refractivity contribution in [2.75, 3.05) is 11.5 Å². The Bertz CT molecular complexity index is 732. The molecular formula is C14H15N5. The number of rotatable bonds is 2. The van der Waals surface area contributed by atoms with Crippen LogP contribution in [-0.2, 0) is 0 Å². The van der Waals surface area contributed by atoms with Crippen LogP contribution in [0.4, 0.5) is 11.8 Å². The van der Waals surface area contributed by atoms with Gasteiger partial charge in [-0.3, -0.25) is 0 Å². The Hall–Kier alpha value is -2.56. The van der Waals surface area contributed by atoms with E-state index in [0.717, 1.165) is 11.1 Å². The minimum atomic E-state index is 0.108. The summed E-state index contributed by atoms with van der Waals surface area (Å²) in [5, 5.41) is 1.19. The maximum atomic E-state index is 5.93. The number of hydrogen-bond donors (Lipinski definition) is 3. The molecule has 5 N–H and O–H groups in total. The molecule has 2 heterocycles. The third-order valence-electron chi connectivity index (χ3n) is 3.42. The molecule has 1 atom stereocenters. The lowest BCUT2D eigenvalue weighted by Crippen LogP contribution is -2.06. The highest BCUT2D eigenvalue weighted by Crippen LogP contribution is 2.32. The van der Waals surface area contributed by atoms with E-state index in [4.69, 9.17) is 11.5 Å². The minimum Gasteiger partial charge on any atom is -0.383 e. The first-order valence-corrected chi connectivity index (χ1v) is 6.10. The van der Waals surface area contributed by atoms with Gasteiger partial charge in [0.1, 0.15) is 5.82 Å². The zero-order valence-electron chi connectivity index (χ0n) is 10.6. The summed E-state index contributed by atoms with van der Waals surface area (Å²) < 4.78 is 0. The zero-order chi connectivity index (χ0) is 13.4. The van der Waals surface area contributed by atoms with Crippen molar-refractivity contribution in [1.82, 2.24) is 15.0 Å². The van der Waals surface area contributed by atoms with Crippen LogP contribution in [0.1, 0.15) is 24.0 Å². The smallest absolute Gasteiger partial charge is 0.221 e. The van der Waals surface area contributed by atoms with E-state index in [-0.39, 0.29) is 11.9 Å². The Morgan fingerprint density at radius 3 is 2.74 bits per heavy atom. The van der Waals surface area contributed by atoms with Gasteiger partial charge in [0.15, 0.2) is 0 Å². The van der Waals surface area contributed by atoms with Crippen molar-refractivity contribution in [3.63, 3.8) is 0 Å². The van der Waals surface area contributed by atoms with E-state index < -0.39 is 0 Å². The highest BCUT2D eigenvalue weighted by Gasteiger charge is 2.16. The standard InChI is InChI=1S/C14H15N5/c1-8(11-7-18-14(16)19-13(11)15)10-6-17-12-5-3-2-4-9(10)12/h2-8,17H,1H3,(H4,15,16,18,19). The third kappa shape index (κ3) is 1.89. The molecule has 0 aliphatic rings. The Morgan fingerprint density at radius 1 is 1.16 bits per heavy atom. The van der Waals surface area contributed by atoms with Crippen LogP contribution in [0.15, 0.2) is 36.7 Å². The van der Waals surface area contributed by atoms with Crippen molar-refractivity contribution in [2.45, 2.75) is 12.8 Å². The molecule has 0 saturated heterocycles. The zero-order valence-corrected chi connectivity index (χ0v) is 10.6. The quantitative estimate of drug-likeness (QED) is 0.653. The average Bonchev–Trinajstić information content (AvgIpc) is 2.82. The Balaban J connectivity index is 2.10. The highest BCUT2D eigenvalue weighted by atomic mass is 15.0. The first-order valence-electron chi connectivity index (χ1n) is 6.10. The summed E-state index contributed by atoms with van der Waals surface area (Å²) in [6.45, 7) is 2.08. The fourth-order valence-electron chi connectivity index (χ4n) is 2.37. The van der Waals surface area contributed by atoms with Gasteiger partial charge in [-0.15, -0.1) is 0 Å². The van der Waals surface area contributed by atoms with Gasteiger partial charge in [0, 0.05) is 34.8 Å². The summed E-state index contributed by atoms with van der Waals surface area (Å²) in [5.41, 5.74) is 14.6. The van der Waals surface area contributed by atoms with Gasteiger partial charge in [0.2, 0.25) is 5.95 Å². The van der Waals surface area contributed by atoms with Crippen LogP contribution < -0.4 is 11.5 Å². The van der Waals surface area contributed by atoms with Crippen molar-refractivity contribution in [3.8, 4) is 0 Å². The van der Waals surface area contributed by atoms with Crippen LogP contribution in [0.3, 0.4) is 0 Å². The third-order valence-corrected chi connectivity index (χ3v) is 3.42. The number of hydrogen-bond acceptors (Lipinski definition) is 4. The molecule has 3 aromatic rings. The SMILES string of the molecule is CC(c1cnc(N)nc1N)c1c[nH]c2ccccc12. The van der Waals surface area contributed by atoms with Gasteiger partial charge >= 0.3 is 0 Å². The predicted octanol–water partition coefficient (Wildman–Crippen LogP) is 2.27. The number of para-hydroxylation sites is 1. The normalized spacial score (nSPS) is 12.7. The lowest BCUT2D eigenvalue weighted by molar-refractivity contribution is 0.911. The molecule has 19 heavy (non-hydrogen) atoms. The Labute approximate surface area is 110 Å². The number of aromatic nitrogens is 3. The van der Waals surface area contributed by atoms with Gasteiger partial charge in [-0.05, 0) is 11.6 Å². The number of fused-ring (bicyclic) bond motifs is 1. The van der Waals surface area contributed by atoms with Gasteiger partial charge in [-0.25, -0.2) is 4.98 Å². The van der Waals surface area contributed by atoms with Gasteiger partial charge in [0.05, 0.1) is 0 Å². The number of nitrogens with one attached hydrogen (secondary N) is 1. The van der Waals surface area contributed by atoms with Gasteiger partial charge in [-0.1, -0.05) is 25.1 Å². The van der Waals surface area contributed by atoms with Crippen molar-refractivity contribution in [3.05, 3.63) is 47.8 Å². The topological polar surface area (TPSA) is 93.6 Å². The van der Waals surface area contributed by atoms with Gasteiger partial charge in [-0.2, -0.15) is 4.98 Å². The van der Waals surface area contributed by atoms with E-state index in [9.17, 15) is 0 Å². The van der Waals surface area contributed by atoms with Crippen molar-refractivity contribution in [2.24, 2.45) is 0 Å². The highest BCUT2D eigenvalue weighted by molar-refractivity contribution is 5.84. The molecule has 0 saturated carbocycles. The Kier molecular flexibility index (Phi) is 2.59. The summed E-state index contributed by atoms with van der Waals surface area (Å²) in [4.78, 5) is 11.3. The molecule has 0 bridgehead atoms. The molecular weight excluding hydrogens is 238 g/mol. The maximum Gasteiger partial charge on any atom is 0.221 e. The molecule has 3 rings (SSSR count). The number of benzene rings is 1. The van der Waals surface area contributed by atoms with Crippen molar-refractivity contribution in [1.29, 1.82) is 0 Å². The van der Waals surface area contributed by atoms with E-state index in [1.165, 1.54) is 10.9 Å². The first-order chi connectivity index (χ1) is 9.16. The monoisotopic (exact) mass is 253 g/mol. The van der Waals surface area contributed by atoms with Crippen LogP contribution in [-0.4, -0.2) is 15.0 Å². The van der Waals surface area contributed by atoms with E-state index in [2.05, 4.69) is 27.9 Å². The van der Waals surface area contributed by atoms with Gasteiger partial charge < -0.3 is 16.5 Å². The van der Waals surface area contributed by atoms with Crippen molar-refractivity contribution < 1.29 is 0 Å². The largest absolute Gasteiger partial charge is 0.383 e. The minimum absolute atomic E-state index is 0.108. The van der Waals surface area contributed by atoms with Crippen LogP contribution >= 0.6 is 0 Å². The number of H-pyrrole nitrogens is 1. The molecule has 1 aromatic carbocycles. The molecule has 0 radical (unpaired) electrons. The lowest BCUT2D eigenvalue weighted by Gasteiger charge is -2.12. The Morgan fingerprint density at radius 2 is 1.95 bits per heavy atom. The lowest BCUT2D eigenvalue weighted by atomic mass is 9.94. The van der Waals surface area contributed by atoms with Crippen molar-refractivity contribution >= 4 is 22.7 Å². The van der Waals surface area contributed by atoms with Crippen LogP contribution in [0, 0.1) is 0 Å². The summed E-state index contributed by atoms with van der Waals surface area (Å²) >= 11 is 0. The number of nitrogens with two attached hydrogens (primary N) is 2. The molecule has 5 heteroatoms. The molecule has 0 aliphatic carbocycles. The van der Waals surface area contributed by atoms with E-state index in [1.807, 2.05) is 24.4 Å². The molecule has 1 unspecified atom stereocenters. The second-order valence-corrected chi connectivity index (χ2v) is 4.58. The molecule has 0 spiro atoms. The van der Waals surface area contributed by atoms with E-state index in [0.29, 0.717) is 5.82 Å². The number of nitrogen functional groups attached to an aromatic ring is 2. The molecule has 0 amide bonds.